The molecule has 70 heavy (non-hydrogen) atoms. The highest BCUT2D eigenvalue weighted by Crippen LogP contribution is 2.50. The molecular formula is C66H44N4. The summed E-state index contributed by atoms with van der Waals surface area (Å²) >= 11 is 0. The molecule has 0 saturated carbocycles. The van der Waals surface area contributed by atoms with E-state index in [1.807, 2.05) is 36.4 Å². The zero-order valence-electron chi connectivity index (χ0n) is 38.7. The minimum atomic E-state index is -0.0531. The Labute approximate surface area is 405 Å². The van der Waals surface area contributed by atoms with E-state index in [1.54, 1.807) is 0 Å². The molecule has 0 spiro atoms. The van der Waals surface area contributed by atoms with E-state index >= 15 is 0 Å². The van der Waals surface area contributed by atoms with E-state index in [-0.39, 0.29) is 5.41 Å². The van der Waals surface area contributed by atoms with Gasteiger partial charge in [-0.05, 0) is 125 Å². The standard InChI is InChI=1S/C66H44N4/c1-66(2)59-27-14-13-26-54(59)56-38-44(29-33-60(56)66)46-31-35-62-58(40-46)57-39-45(43-28-32-53-51-24-10-9-22-49(51)50-23-11-12-25-52(50)55(53)37-43)30-34-61(57)70(62)48-21-15-20-47(36-48)65-68-63(41-16-5-3-6-17-41)67-64(69-65)42-18-7-4-8-19-42/h3-40H,1-2H3. The van der Waals surface area contributed by atoms with Gasteiger partial charge in [0.15, 0.2) is 17.5 Å². The van der Waals surface area contributed by atoms with Crippen molar-refractivity contribution >= 4 is 54.1 Å². The molecule has 0 radical (unpaired) electrons. The molecule has 13 aromatic rings. The molecule has 0 saturated heterocycles. The minimum absolute atomic E-state index is 0.0531. The fourth-order valence-electron chi connectivity index (χ4n) is 11.4. The first-order valence-electron chi connectivity index (χ1n) is 24.1. The first kappa shape index (κ1) is 40.1. The molecule has 0 bridgehead atoms. The van der Waals surface area contributed by atoms with Crippen LogP contribution in [0.15, 0.2) is 231 Å². The van der Waals surface area contributed by atoms with Crippen LogP contribution in [-0.2, 0) is 5.41 Å². The van der Waals surface area contributed by atoms with Crippen LogP contribution >= 0.6 is 0 Å². The highest BCUT2D eigenvalue weighted by molar-refractivity contribution is 6.26. The molecule has 11 aromatic carbocycles. The zero-order valence-corrected chi connectivity index (χ0v) is 38.7. The van der Waals surface area contributed by atoms with Crippen LogP contribution in [0.1, 0.15) is 25.0 Å². The van der Waals surface area contributed by atoms with Crippen molar-refractivity contribution in [3.05, 3.63) is 242 Å². The third kappa shape index (κ3) is 6.27. The minimum Gasteiger partial charge on any atom is -0.309 e. The van der Waals surface area contributed by atoms with Gasteiger partial charge in [0.05, 0.1) is 11.0 Å². The Morgan fingerprint density at radius 2 is 0.714 bits per heavy atom. The van der Waals surface area contributed by atoms with Gasteiger partial charge >= 0.3 is 0 Å². The van der Waals surface area contributed by atoms with E-state index in [0.717, 1.165) is 33.4 Å². The average Bonchev–Trinajstić information content (AvgIpc) is 3.88. The van der Waals surface area contributed by atoms with Gasteiger partial charge in [0.25, 0.3) is 0 Å². The van der Waals surface area contributed by atoms with Gasteiger partial charge in [-0.1, -0.05) is 196 Å². The Hall–Kier alpha value is -8.99. The van der Waals surface area contributed by atoms with Crippen molar-refractivity contribution in [1.82, 2.24) is 19.5 Å². The summed E-state index contributed by atoms with van der Waals surface area (Å²) < 4.78 is 2.40. The topological polar surface area (TPSA) is 43.6 Å². The fraction of sp³-hybridized carbons (Fsp3) is 0.0455. The van der Waals surface area contributed by atoms with E-state index in [0.29, 0.717) is 17.5 Å². The van der Waals surface area contributed by atoms with E-state index in [4.69, 9.17) is 15.0 Å². The normalized spacial score (nSPS) is 12.8. The van der Waals surface area contributed by atoms with Crippen LogP contribution in [0, 0.1) is 0 Å². The SMILES string of the molecule is CC1(C)c2ccccc2-c2cc(-c3ccc4c(c3)c3cc(-c5ccc6c7ccccc7c7ccccc7c6c5)ccc3n4-c3cccc(-c4nc(-c5ccccc5)nc(-c5ccccc5)n4)c3)ccc21. The van der Waals surface area contributed by atoms with Crippen molar-refractivity contribution in [2.24, 2.45) is 0 Å². The molecule has 0 amide bonds. The first-order chi connectivity index (χ1) is 34.4. The summed E-state index contributed by atoms with van der Waals surface area (Å²) in [6.45, 7) is 4.69. The molecule has 0 fully saturated rings. The van der Waals surface area contributed by atoms with Crippen molar-refractivity contribution in [1.29, 1.82) is 0 Å². The van der Waals surface area contributed by atoms with Crippen molar-refractivity contribution in [3.8, 4) is 73.2 Å². The molecule has 4 nitrogen and oxygen atoms in total. The summed E-state index contributed by atoms with van der Waals surface area (Å²) in [6.07, 6.45) is 0. The average molecular weight is 893 g/mol. The van der Waals surface area contributed by atoms with Crippen LogP contribution < -0.4 is 0 Å². The third-order valence-corrected chi connectivity index (χ3v) is 14.8. The molecule has 1 aliphatic rings. The molecule has 0 unspecified atom stereocenters. The van der Waals surface area contributed by atoms with Gasteiger partial charge in [-0.25, -0.2) is 15.0 Å². The molecular weight excluding hydrogens is 849 g/mol. The van der Waals surface area contributed by atoms with Gasteiger partial charge in [-0.2, -0.15) is 0 Å². The van der Waals surface area contributed by atoms with Crippen molar-refractivity contribution in [2.75, 3.05) is 0 Å². The molecule has 4 heteroatoms. The monoisotopic (exact) mass is 892 g/mol. The van der Waals surface area contributed by atoms with Gasteiger partial charge in [-0.3, -0.25) is 0 Å². The van der Waals surface area contributed by atoms with Gasteiger partial charge in [-0.15, -0.1) is 0 Å². The van der Waals surface area contributed by atoms with Gasteiger partial charge in [0.1, 0.15) is 0 Å². The number of benzene rings is 11. The highest BCUT2D eigenvalue weighted by Gasteiger charge is 2.35. The number of hydrogen-bond acceptors (Lipinski definition) is 3. The summed E-state index contributed by atoms with van der Waals surface area (Å²) in [5, 5.41) is 10.0. The van der Waals surface area contributed by atoms with Crippen LogP contribution in [0.3, 0.4) is 0 Å². The van der Waals surface area contributed by atoms with Crippen LogP contribution in [-0.4, -0.2) is 19.5 Å². The molecule has 0 aliphatic heterocycles. The third-order valence-electron chi connectivity index (χ3n) is 14.8. The molecule has 2 heterocycles. The Bertz CT molecular complexity index is 4170. The van der Waals surface area contributed by atoms with Gasteiger partial charge < -0.3 is 4.57 Å². The maximum atomic E-state index is 5.11. The van der Waals surface area contributed by atoms with Crippen molar-refractivity contribution in [3.63, 3.8) is 0 Å². The number of fused-ring (bicyclic) bond motifs is 12. The van der Waals surface area contributed by atoms with E-state index < -0.39 is 0 Å². The number of rotatable bonds is 6. The number of nitrogens with zero attached hydrogens (tertiary/aromatic N) is 4. The van der Waals surface area contributed by atoms with Crippen LogP contribution in [0.4, 0.5) is 0 Å². The highest BCUT2D eigenvalue weighted by atomic mass is 15.0. The summed E-state index contributed by atoms with van der Waals surface area (Å²) in [4.78, 5) is 15.2. The van der Waals surface area contributed by atoms with Crippen LogP contribution in [0.25, 0.3) is 127 Å². The fourth-order valence-corrected chi connectivity index (χ4v) is 11.4. The maximum Gasteiger partial charge on any atom is 0.164 e. The van der Waals surface area contributed by atoms with E-state index in [1.165, 1.54) is 87.6 Å². The van der Waals surface area contributed by atoms with E-state index in [2.05, 4.69) is 213 Å². The lowest BCUT2D eigenvalue weighted by molar-refractivity contribution is 0.660. The maximum absolute atomic E-state index is 5.11. The number of aromatic nitrogens is 4. The lowest BCUT2D eigenvalue weighted by Gasteiger charge is -2.21. The summed E-state index contributed by atoms with van der Waals surface area (Å²) in [5.41, 5.74) is 16.2. The second-order valence-corrected chi connectivity index (χ2v) is 19.2. The van der Waals surface area contributed by atoms with E-state index in [9.17, 15) is 0 Å². The second kappa shape index (κ2) is 15.5. The molecule has 14 rings (SSSR count). The molecule has 0 N–H and O–H groups in total. The van der Waals surface area contributed by atoms with Crippen LogP contribution in [0.5, 0.6) is 0 Å². The largest absolute Gasteiger partial charge is 0.309 e. The summed E-state index contributed by atoms with van der Waals surface area (Å²) in [5.74, 6) is 1.90. The Morgan fingerprint density at radius 1 is 0.286 bits per heavy atom. The van der Waals surface area contributed by atoms with Gasteiger partial charge in [0, 0.05) is 38.6 Å². The predicted octanol–water partition coefficient (Wildman–Crippen LogP) is 17.1. The lowest BCUT2D eigenvalue weighted by atomic mass is 9.82. The predicted molar refractivity (Wildman–Crippen MR) is 291 cm³/mol. The van der Waals surface area contributed by atoms with Crippen LogP contribution in [0.2, 0.25) is 0 Å². The Morgan fingerprint density at radius 3 is 1.31 bits per heavy atom. The Kier molecular flexibility index (Phi) is 8.90. The quantitative estimate of drug-likeness (QED) is 0.156. The molecule has 0 atom stereocenters. The van der Waals surface area contributed by atoms with Crippen molar-refractivity contribution < 1.29 is 0 Å². The van der Waals surface area contributed by atoms with Gasteiger partial charge in [0.2, 0.25) is 0 Å². The smallest absolute Gasteiger partial charge is 0.164 e. The van der Waals surface area contributed by atoms with Crippen molar-refractivity contribution in [2.45, 2.75) is 19.3 Å². The first-order valence-corrected chi connectivity index (χ1v) is 24.1. The molecule has 328 valence electrons. The lowest BCUT2D eigenvalue weighted by Crippen LogP contribution is -2.14. The summed E-state index contributed by atoms with van der Waals surface area (Å²) in [7, 11) is 0. The Balaban J connectivity index is 0.965. The molecule has 1 aliphatic carbocycles. The number of hydrogen-bond donors (Lipinski definition) is 0. The zero-order chi connectivity index (χ0) is 46.5. The molecule has 2 aromatic heterocycles. The summed E-state index contributed by atoms with van der Waals surface area (Å²) in [6, 6.07) is 83.5. The second-order valence-electron chi connectivity index (χ2n) is 19.2.